The number of hydrogen-bond acceptors (Lipinski definition) is 1. The molecule has 16 heavy (non-hydrogen) atoms. The van der Waals surface area contributed by atoms with Crippen LogP contribution in [0.3, 0.4) is 0 Å². The number of Topliss-reactive ketones (excluding diaryl/α,β-unsaturated/α-hetero) is 1. The minimum atomic E-state index is -0.0971. The molecule has 3 aliphatic rings. The van der Waals surface area contributed by atoms with Crippen molar-refractivity contribution in [1.82, 2.24) is 0 Å². The summed E-state index contributed by atoms with van der Waals surface area (Å²) in [6.07, 6.45) is 5.65. The summed E-state index contributed by atoms with van der Waals surface area (Å²) in [4.78, 5) is 12.4. The second-order valence-electron chi connectivity index (χ2n) is 5.05. The molecule has 0 N–H and O–H groups in total. The molecule has 0 amide bonds. The molecule has 0 unspecified atom stereocenters. The molecule has 2 heteroatoms. The van der Waals surface area contributed by atoms with Crippen molar-refractivity contribution in [3.63, 3.8) is 0 Å². The van der Waals surface area contributed by atoms with Crippen LogP contribution in [-0.4, -0.2) is 5.78 Å². The molecule has 1 aromatic carbocycles. The summed E-state index contributed by atoms with van der Waals surface area (Å²) in [7, 11) is 0. The molecule has 0 aromatic heterocycles. The largest absolute Gasteiger partial charge is 0.294 e. The maximum Gasteiger partial charge on any atom is 0.168 e. The van der Waals surface area contributed by atoms with E-state index in [4.69, 9.17) is 0 Å². The maximum atomic E-state index is 12.4. The zero-order valence-electron chi connectivity index (χ0n) is 8.69. The van der Waals surface area contributed by atoms with Crippen LogP contribution in [0.15, 0.2) is 36.4 Å². The van der Waals surface area contributed by atoms with Gasteiger partial charge in [-0.15, -0.1) is 0 Å². The second-order valence-corrected chi connectivity index (χ2v) is 6.36. The van der Waals surface area contributed by atoms with Crippen molar-refractivity contribution in [2.45, 2.75) is 10.7 Å². The molecule has 2 bridgehead atoms. The first-order valence-corrected chi connectivity index (χ1v) is 6.53. The van der Waals surface area contributed by atoms with Gasteiger partial charge in [0.1, 0.15) is 0 Å². The van der Waals surface area contributed by atoms with Gasteiger partial charge in [-0.2, -0.15) is 0 Å². The van der Waals surface area contributed by atoms with Crippen molar-refractivity contribution in [2.24, 2.45) is 17.8 Å². The molecule has 1 fully saturated rings. The summed E-state index contributed by atoms with van der Waals surface area (Å²) in [6.45, 7) is 0. The van der Waals surface area contributed by atoms with Gasteiger partial charge in [0.15, 0.2) is 5.78 Å². The van der Waals surface area contributed by atoms with Gasteiger partial charge in [0.25, 0.3) is 0 Å². The number of halogens is 1. The smallest absolute Gasteiger partial charge is 0.168 e. The SMILES string of the molecule is O=C1c2ccccc2[C@@]2(Br)[C@H]3C=C[C@@H](C3)[C@H]12. The van der Waals surface area contributed by atoms with Gasteiger partial charge in [0.05, 0.1) is 4.32 Å². The number of carbonyl (C=O) groups excluding carboxylic acids is 1. The van der Waals surface area contributed by atoms with Gasteiger partial charge in [0, 0.05) is 11.5 Å². The van der Waals surface area contributed by atoms with Gasteiger partial charge in [-0.05, 0) is 23.8 Å². The van der Waals surface area contributed by atoms with E-state index in [0.717, 1.165) is 12.0 Å². The van der Waals surface area contributed by atoms with E-state index in [2.05, 4.69) is 34.1 Å². The molecule has 80 valence electrons. The fraction of sp³-hybridized carbons (Fsp3) is 0.357. The zero-order valence-corrected chi connectivity index (χ0v) is 10.3. The summed E-state index contributed by atoms with van der Waals surface area (Å²) >= 11 is 3.90. The van der Waals surface area contributed by atoms with Crippen LogP contribution in [0, 0.1) is 17.8 Å². The first-order valence-electron chi connectivity index (χ1n) is 5.74. The van der Waals surface area contributed by atoms with Crippen LogP contribution in [0.25, 0.3) is 0 Å². The minimum Gasteiger partial charge on any atom is -0.294 e. The molecule has 0 spiro atoms. The van der Waals surface area contributed by atoms with Crippen LogP contribution >= 0.6 is 15.9 Å². The Labute approximate surface area is 103 Å². The normalized spacial score (nSPS) is 42.6. The number of benzene rings is 1. The monoisotopic (exact) mass is 274 g/mol. The first kappa shape index (κ1) is 9.17. The zero-order chi connectivity index (χ0) is 10.9. The summed E-state index contributed by atoms with van der Waals surface area (Å²) in [5.74, 6) is 1.42. The molecule has 0 radical (unpaired) electrons. The Morgan fingerprint density at radius 2 is 2.06 bits per heavy atom. The summed E-state index contributed by atoms with van der Waals surface area (Å²) < 4.78 is -0.0971. The van der Waals surface area contributed by atoms with Gasteiger partial charge >= 0.3 is 0 Å². The Morgan fingerprint density at radius 1 is 1.25 bits per heavy atom. The fourth-order valence-corrected chi connectivity index (χ4v) is 5.01. The lowest BCUT2D eigenvalue weighted by Gasteiger charge is -2.30. The van der Waals surface area contributed by atoms with Crippen molar-refractivity contribution in [3.05, 3.63) is 47.5 Å². The van der Waals surface area contributed by atoms with Crippen molar-refractivity contribution < 1.29 is 4.79 Å². The maximum absolute atomic E-state index is 12.4. The van der Waals surface area contributed by atoms with E-state index in [1.807, 2.05) is 18.2 Å². The van der Waals surface area contributed by atoms with Crippen LogP contribution in [0.2, 0.25) is 0 Å². The molecule has 4 atom stereocenters. The Bertz CT molecular complexity index is 533. The standard InChI is InChI=1S/C14H11BrO/c15-14-9-6-5-8(7-9)12(14)13(16)10-3-1-2-4-11(10)14/h1-6,8-9,12H,7H2/t8-,9-,12+,14-/m0/s1. The third kappa shape index (κ3) is 0.797. The average Bonchev–Trinajstić information content (AvgIpc) is 2.92. The van der Waals surface area contributed by atoms with E-state index in [1.54, 1.807) is 0 Å². The number of allylic oxidation sites excluding steroid dienone is 2. The Morgan fingerprint density at radius 3 is 2.94 bits per heavy atom. The first-order chi connectivity index (χ1) is 7.73. The topological polar surface area (TPSA) is 17.1 Å². The van der Waals surface area contributed by atoms with Crippen LogP contribution in [0.5, 0.6) is 0 Å². The molecular weight excluding hydrogens is 264 g/mol. The van der Waals surface area contributed by atoms with E-state index in [1.165, 1.54) is 5.56 Å². The van der Waals surface area contributed by atoms with Gasteiger partial charge in [-0.25, -0.2) is 0 Å². The van der Waals surface area contributed by atoms with Gasteiger partial charge in [-0.3, -0.25) is 4.79 Å². The predicted octanol–water partition coefficient (Wildman–Crippen LogP) is 3.30. The van der Waals surface area contributed by atoms with Gasteiger partial charge in [0.2, 0.25) is 0 Å². The fourth-order valence-electron chi connectivity index (χ4n) is 3.78. The average molecular weight is 275 g/mol. The highest BCUT2D eigenvalue weighted by Crippen LogP contribution is 2.65. The lowest BCUT2D eigenvalue weighted by molar-refractivity contribution is 0.0904. The number of carbonyl (C=O) groups is 1. The van der Waals surface area contributed by atoms with E-state index in [0.29, 0.717) is 17.6 Å². The quantitative estimate of drug-likeness (QED) is 0.524. The summed E-state index contributed by atoms with van der Waals surface area (Å²) in [5.41, 5.74) is 2.14. The van der Waals surface area contributed by atoms with Crippen LogP contribution < -0.4 is 0 Å². The van der Waals surface area contributed by atoms with E-state index >= 15 is 0 Å². The molecule has 0 aliphatic heterocycles. The van der Waals surface area contributed by atoms with Gasteiger partial charge < -0.3 is 0 Å². The lowest BCUT2D eigenvalue weighted by atomic mass is 9.83. The Kier molecular flexibility index (Phi) is 1.53. The molecule has 0 heterocycles. The molecule has 1 aromatic rings. The lowest BCUT2D eigenvalue weighted by Crippen LogP contribution is -2.31. The van der Waals surface area contributed by atoms with Crippen molar-refractivity contribution in [3.8, 4) is 0 Å². The highest BCUT2D eigenvalue weighted by Gasteiger charge is 2.62. The number of fused-ring (bicyclic) bond motifs is 7. The minimum absolute atomic E-state index is 0.0971. The molecule has 3 aliphatic carbocycles. The molecule has 4 rings (SSSR count). The summed E-state index contributed by atoms with van der Waals surface area (Å²) in [5, 5.41) is 0. The van der Waals surface area contributed by atoms with Crippen molar-refractivity contribution >= 4 is 21.7 Å². The molecule has 0 saturated heterocycles. The van der Waals surface area contributed by atoms with E-state index in [9.17, 15) is 4.79 Å². The number of ketones is 1. The van der Waals surface area contributed by atoms with E-state index < -0.39 is 0 Å². The van der Waals surface area contributed by atoms with Crippen LogP contribution in [0.4, 0.5) is 0 Å². The van der Waals surface area contributed by atoms with Crippen LogP contribution in [-0.2, 0) is 4.32 Å². The third-order valence-corrected chi connectivity index (χ3v) is 5.93. The molecule has 1 nitrogen and oxygen atoms in total. The number of hydrogen-bond donors (Lipinski definition) is 0. The molecular formula is C14H11BrO. The molecule has 1 saturated carbocycles. The second kappa shape index (κ2) is 2.67. The number of alkyl halides is 1. The third-order valence-electron chi connectivity index (χ3n) is 4.42. The predicted molar refractivity (Wildman–Crippen MR) is 65.6 cm³/mol. The summed E-state index contributed by atoms with van der Waals surface area (Å²) in [6, 6.07) is 8.08. The Hall–Kier alpha value is -0.890. The highest BCUT2D eigenvalue weighted by molar-refractivity contribution is 9.09. The number of rotatable bonds is 0. The van der Waals surface area contributed by atoms with Gasteiger partial charge in [-0.1, -0.05) is 52.3 Å². The van der Waals surface area contributed by atoms with E-state index in [-0.39, 0.29) is 10.2 Å². The van der Waals surface area contributed by atoms with Crippen LogP contribution in [0.1, 0.15) is 22.3 Å². The van der Waals surface area contributed by atoms with Crippen molar-refractivity contribution in [2.75, 3.05) is 0 Å². The van der Waals surface area contributed by atoms with Crippen molar-refractivity contribution in [1.29, 1.82) is 0 Å². The highest BCUT2D eigenvalue weighted by atomic mass is 79.9. The Balaban J connectivity index is 2.03.